The fourth-order valence-corrected chi connectivity index (χ4v) is 10.0. The highest BCUT2D eigenvalue weighted by molar-refractivity contribution is 8.77. The molecule has 1 aromatic heterocycles. The first-order chi connectivity index (χ1) is 37.5. The number of hydrogen-bond donors (Lipinski definition) is 18. The molecule has 80 heavy (non-hydrogen) atoms. The molecule has 0 unspecified atom stereocenters. The fourth-order valence-electron chi connectivity index (χ4n) is 7.23. The van der Waals surface area contributed by atoms with E-state index in [9.17, 15) is 67.7 Å². The Morgan fingerprint density at radius 2 is 1.24 bits per heavy atom. The topological polar surface area (TPSA) is 549 Å². The molecule has 1 aliphatic rings. The Hall–Kier alpha value is -7.95. The number of carboxylic acid groups (broad SMARTS) is 2. The molecular weight excluding hydrogens is 1090 g/mol. The normalized spacial score (nSPS) is 22.9. The molecular formula is C45H75N19O14S2. The lowest BCUT2D eigenvalue weighted by Crippen LogP contribution is -2.59. The largest absolute Gasteiger partial charge is 0.481 e. The van der Waals surface area contributed by atoms with E-state index >= 15 is 0 Å². The third-order valence-corrected chi connectivity index (χ3v) is 14.6. The van der Waals surface area contributed by atoms with Crippen molar-refractivity contribution in [1.29, 1.82) is 0 Å². The van der Waals surface area contributed by atoms with E-state index in [1.807, 2.05) is 0 Å². The zero-order chi connectivity index (χ0) is 60.3. The predicted molar refractivity (Wildman–Crippen MR) is 292 cm³/mol. The van der Waals surface area contributed by atoms with E-state index in [0.29, 0.717) is 5.69 Å². The van der Waals surface area contributed by atoms with Crippen LogP contribution in [0.2, 0.25) is 0 Å². The summed E-state index contributed by atoms with van der Waals surface area (Å²) in [4.78, 5) is 176. The minimum Gasteiger partial charge on any atom is -0.481 e. The maximum Gasteiger partial charge on any atom is 0.325 e. The molecule has 1 aromatic rings. The Bertz CT molecular complexity index is 2400. The number of carbonyl (C=O) groups excluding carboxylic acids is 10. The second-order valence-corrected chi connectivity index (χ2v) is 22.1. The average molecular weight is 1170 g/mol. The molecule has 33 nitrogen and oxygen atoms in total. The molecule has 0 bridgehead atoms. The second-order valence-electron chi connectivity index (χ2n) is 19.1. The number of imidazole rings is 1. The van der Waals surface area contributed by atoms with Gasteiger partial charge in [-0.05, 0) is 58.8 Å². The van der Waals surface area contributed by atoms with Crippen LogP contribution in [0.1, 0.15) is 78.8 Å². The molecule has 10 amide bonds. The van der Waals surface area contributed by atoms with Gasteiger partial charge in [-0.15, -0.1) is 0 Å². The second kappa shape index (κ2) is 34.1. The van der Waals surface area contributed by atoms with Gasteiger partial charge in [0.25, 0.3) is 0 Å². The van der Waals surface area contributed by atoms with Gasteiger partial charge in [-0.2, -0.15) is 0 Å². The van der Waals surface area contributed by atoms with Crippen molar-refractivity contribution in [2.75, 3.05) is 38.5 Å². The number of carbonyl (C=O) groups is 12. The van der Waals surface area contributed by atoms with Crippen LogP contribution in [0.3, 0.4) is 0 Å². The number of aliphatic carboxylic acids is 2. The molecule has 0 aromatic carbocycles. The third-order valence-electron chi connectivity index (χ3n) is 11.3. The number of rotatable bonds is 19. The van der Waals surface area contributed by atoms with Crippen LogP contribution < -0.4 is 81.8 Å². The summed E-state index contributed by atoms with van der Waals surface area (Å²) in [6.07, 6.45) is 1.06. The number of nitrogens with two attached hydrogens (primary N) is 5. The quantitative estimate of drug-likeness (QED) is 0.0265. The maximum atomic E-state index is 14.3. The summed E-state index contributed by atoms with van der Waals surface area (Å²) in [5.41, 5.74) is 27.8. The highest BCUT2D eigenvalue weighted by Crippen LogP contribution is 2.38. The van der Waals surface area contributed by atoms with Crippen LogP contribution in [0.5, 0.6) is 0 Å². The first-order valence-corrected chi connectivity index (χ1v) is 27.3. The van der Waals surface area contributed by atoms with Gasteiger partial charge in [0.15, 0.2) is 11.9 Å². The summed E-state index contributed by atoms with van der Waals surface area (Å²) in [7, 11) is 1.82. The molecule has 446 valence electrons. The summed E-state index contributed by atoms with van der Waals surface area (Å²) < 4.78 is -1.35. The van der Waals surface area contributed by atoms with Crippen LogP contribution in [0, 0.1) is 5.92 Å². The molecule has 0 spiro atoms. The monoisotopic (exact) mass is 1170 g/mol. The van der Waals surface area contributed by atoms with Crippen LogP contribution in [0.15, 0.2) is 22.5 Å². The Balaban J connectivity index is 2.79. The molecule has 8 atom stereocenters. The summed E-state index contributed by atoms with van der Waals surface area (Å²) in [6, 6.07) is -12.3. The standard InChI is InChI=1S/C45H75N19O14S2/c1-21(2)12-26-37(72)61-25(9-7-11-53-44(49)50)36(71)63-29(40(75)57-22(3)42(77)78)19-79-80-45(4,5)34(64-30(65)15-46)41(76)55-18-32(67)58-27(13-23-16-51-20-56-23)38(73)60-24(8-6-10-52-43(47)48)35(70)54-17-31(66)59-28(14-33(68)69)39(74)62-26/h16,20-22,24-29,34H,6-15,17-19,46H2,1-5H3,(H,51,56)(H,54,70)(H,55,76)(H,57,75)(H,58,67)(H,59,66)(H,60,73)(H,61,72)(H,62,74)(H,63,71)(H,64,65)(H,68,69)(H,77,78)(H4,47,48,52)(H4,49,50,53)/t22-,24-,25-,26-,27-,28-,29-,34+/m0/s1. The number of H-pyrrole nitrogens is 1. The highest BCUT2D eigenvalue weighted by atomic mass is 33.1. The fraction of sp³-hybridized carbons (Fsp3) is 0.622. The van der Waals surface area contributed by atoms with E-state index in [4.69, 9.17) is 28.7 Å². The number of aromatic nitrogens is 2. The van der Waals surface area contributed by atoms with Crippen molar-refractivity contribution in [1.82, 2.24) is 63.1 Å². The number of nitrogens with zero attached hydrogens (tertiary/aromatic N) is 3. The van der Waals surface area contributed by atoms with Crippen molar-refractivity contribution in [3.63, 3.8) is 0 Å². The van der Waals surface area contributed by atoms with Gasteiger partial charge in [0.1, 0.15) is 48.3 Å². The number of guanidine groups is 2. The van der Waals surface area contributed by atoms with Crippen LogP contribution >= 0.6 is 21.6 Å². The number of carboxylic acids is 2. The van der Waals surface area contributed by atoms with Gasteiger partial charge in [-0.3, -0.25) is 67.5 Å². The minimum atomic E-state index is -1.86. The van der Waals surface area contributed by atoms with Gasteiger partial charge >= 0.3 is 11.9 Å². The summed E-state index contributed by atoms with van der Waals surface area (Å²) >= 11 is 0. The molecule has 35 heteroatoms. The third kappa shape index (κ3) is 25.7. The van der Waals surface area contributed by atoms with Crippen molar-refractivity contribution in [3.05, 3.63) is 18.2 Å². The van der Waals surface area contributed by atoms with Crippen LogP contribution in [-0.2, 0) is 64.0 Å². The molecule has 1 aliphatic heterocycles. The van der Waals surface area contributed by atoms with Crippen molar-refractivity contribution < 1.29 is 67.7 Å². The van der Waals surface area contributed by atoms with Crippen molar-refractivity contribution in [2.24, 2.45) is 44.6 Å². The highest BCUT2D eigenvalue weighted by Gasteiger charge is 2.39. The van der Waals surface area contributed by atoms with E-state index in [0.717, 1.165) is 28.5 Å². The average Bonchev–Trinajstić information content (AvgIpc) is 3.89. The molecule has 0 aliphatic carbocycles. The molecule has 0 radical (unpaired) electrons. The van der Waals surface area contributed by atoms with E-state index in [-0.39, 0.29) is 75.2 Å². The SMILES string of the molecule is CC(C)C[C@@H]1NC(=O)[C@H](CC(=O)O)NC(=O)CNC(=O)[C@H](CCCN=C(N)N)NC(=O)[C@H](Cc2cnc[nH]2)NC(=O)CNC(=O)[C@@H](NC(=O)CN)C(C)(C)SSC[C@@H](C(=O)N[C@@H](C)C(=O)O)NC(=O)[C@H](CCCN=C(N)N)NC1=O. The first kappa shape index (κ1) is 68.2. The van der Waals surface area contributed by atoms with E-state index < -0.39 is 150 Å². The summed E-state index contributed by atoms with van der Waals surface area (Å²) in [5, 5.41) is 43.7. The lowest BCUT2D eigenvalue weighted by atomic mass is 10.0. The zero-order valence-corrected chi connectivity index (χ0v) is 46.5. The molecule has 1 fully saturated rings. The lowest BCUT2D eigenvalue weighted by Gasteiger charge is -2.33. The van der Waals surface area contributed by atoms with Crippen LogP contribution in [0.4, 0.5) is 0 Å². The van der Waals surface area contributed by atoms with E-state index in [1.165, 1.54) is 26.4 Å². The lowest BCUT2D eigenvalue weighted by molar-refractivity contribution is -0.142. The van der Waals surface area contributed by atoms with Crippen molar-refractivity contribution >= 4 is 105 Å². The Morgan fingerprint density at radius 1 is 0.725 bits per heavy atom. The molecule has 0 saturated carbocycles. The van der Waals surface area contributed by atoms with Gasteiger partial charge in [-0.1, -0.05) is 35.4 Å². The maximum absolute atomic E-state index is 14.3. The van der Waals surface area contributed by atoms with Crippen LogP contribution in [-0.4, -0.2) is 195 Å². The molecule has 2 rings (SSSR count). The number of nitrogens with one attached hydrogen (secondary N) is 11. The van der Waals surface area contributed by atoms with Gasteiger partial charge in [0.2, 0.25) is 59.1 Å². The summed E-state index contributed by atoms with van der Waals surface area (Å²) in [5.74, 6) is -14.0. The zero-order valence-electron chi connectivity index (χ0n) is 44.9. The number of aliphatic imine (C=N–C) groups is 2. The Labute approximate surface area is 467 Å². The Kier molecular flexibility index (Phi) is 29.1. The van der Waals surface area contributed by atoms with Crippen molar-refractivity contribution in [3.8, 4) is 0 Å². The number of amides is 10. The van der Waals surface area contributed by atoms with Gasteiger partial charge in [0, 0.05) is 41.9 Å². The van der Waals surface area contributed by atoms with Gasteiger partial charge < -0.3 is 97.0 Å². The molecule has 1 saturated heterocycles. The minimum absolute atomic E-state index is 0.0160. The predicted octanol–water partition coefficient (Wildman–Crippen LogP) is -7.07. The van der Waals surface area contributed by atoms with Crippen LogP contribution in [0.25, 0.3) is 0 Å². The number of aromatic amines is 1. The molecule has 23 N–H and O–H groups in total. The van der Waals surface area contributed by atoms with E-state index in [1.54, 1.807) is 13.8 Å². The Morgan fingerprint density at radius 3 is 1.75 bits per heavy atom. The van der Waals surface area contributed by atoms with Crippen molar-refractivity contribution in [2.45, 2.75) is 133 Å². The molecule has 2 heterocycles. The number of hydrogen-bond acceptors (Lipinski definition) is 18. The van der Waals surface area contributed by atoms with Gasteiger partial charge in [0.05, 0.1) is 32.4 Å². The van der Waals surface area contributed by atoms with E-state index in [2.05, 4.69) is 73.1 Å². The van der Waals surface area contributed by atoms with Gasteiger partial charge in [-0.25, -0.2) is 4.98 Å². The summed E-state index contributed by atoms with van der Waals surface area (Å²) in [6.45, 7) is 5.26. The smallest absolute Gasteiger partial charge is 0.325 e. The first-order valence-electron chi connectivity index (χ1n) is 25.0.